The first kappa shape index (κ1) is 16.2. The van der Waals surface area contributed by atoms with Crippen molar-refractivity contribution < 1.29 is 4.79 Å². The Morgan fingerprint density at radius 1 is 1.47 bits per heavy atom. The maximum absolute atomic E-state index is 11.8. The molecule has 0 aromatic heterocycles. The highest BCUT2D eigenvalue weighted by molar-refractivity contribution is 6.31. The molecule has 1 amide bonds. The molecular weight excluding hydrogens is 259 g/mol. The average Bonchev–Trinajstić information content (AvgIpc) is 2.17. The second kappa shape index (κ2) is 6.24. The molecule has 1 aromatic carbocycles. The SMILES string of the molecule is Cc1ccc(Cl)cc1C(=O)NCC(C)(C)N.Cl. The van der Waals surface area contributed by atoms with Gasteiger partial charge in [0.15, 0.2) is 0 Å². The van der Waals surface area contributed by atoms with Crippen LogP contribution in [0.2, 0.25) is 5.02 Å². The molecule has 0 saturated carbocycles. The van der Waals surface area contributed by atoms with E-state index in [1.807, 2.05) is 26.8 Å². The topological polar surface area (TPSA) is 55.1 Å². The summed E-state index contributed by atoms with van der Waals surface area (Å²) in [6.07, 6.45) is 0. The number of amides is 1. The lowest BCUT2D eigenvalue weighted by Gasteiger charge is -2.19. The minimum absolute atomic E-state index is 0. The third-order valence-corrected chi connectivity index (χ3v) is 2.38. The molecule has 1 aromatic rings. The van der Waals surface area contributed by atoms with E-state index in [2.05, 4.69) is 5.32 Å². The third-order valence-electron chi connectivity index (χ3n) is 2.15. The fourth-order valence-electron chi connectivity index (χ4n) is 1.24. The Balaban J connectivity index is 0.00000256. The van der Waals surface area contributed by atoms with E-state index < -0.39 is 5.54 Å². The number of nitrogens with one attached hydrogen (secondary N) is 1. The van der Waals surface area contributed by atoms with Crippen molar-refractivity contribution in [3.63, 3.8) is 0 Å². The Morgan fingerprint density at radius 2 is 2.06 bits per heavy atom. The second-order valence-electron chi connectivity index (χ2n) is 4.63. The van der Waals surface area contributed by atoms with E-state index in [-0.39, 0.29) is 18.3 Å². The van der Waals surface area contributed by atoms with Gasteiger partial charge in [-0.1, -0.05) is 17.7 Å². The van der Waals surface area contributed by atoms with Gasteiger partial charge in [0, 0.05) is 22.7 Å². The molecule has 0 saturated heterocycles. The van der Waals surface area contributed by atoms with Crippen molar-refractivity contribution in [1.29, 1.82) is 0 Å². The van der Waals surface area contributed by atoms with Crippen LogP contribution in [-0.4, -0.2) is 18.0 Å². The van der Waals surface area contributed by atoms with Crippen molar-refractivity contribution in [3.8, 4) is 0 Å². The van der Waals surface area contributed by atoms with Gasteiger partial charge in [0.1, 0.15) is 0 Å². The summed E-state index contributed by atoms with van der Waals surface area (Å²) in [5.74, 6) is -0.140. The summed E-state index contributed by atoms with van der Waals surface area (Å²) in [6.45, 7) is 6.02. The summed E-state index contributed by atoms with van der Waals surface area (Å²) in [4.78, 5) is 11.8. The minimum Gasteiger partial charge on any atom is -0.350 e. The highest BCUT2D eigenvalue weighted by atomic mass is 35.5. The first-order valence-electron chi connectivity index (χ1n) is 5.13. The number of carbonyl (C=O) groups is 1. The van der Waals surface area contributed by atoms with Gasteiger partial charge >= 0.3 is 0 Å². The number of hydrogen-bond acceptors (Lipinski definition) is 2. The maximum Gasteiger partial charge on any atom is 0.251 e. The Bertz CT molecular complexity index is 400. The number of aryl methyl sites for hydroxylation is 1. The molecule has 1 rings (SSSR count). The molecule has 0 bridgehead atoms. The zero-order chi connectivity index (χ0) is 12.3. The van der Waals surface area contributed by atoms with Crippen LogP contribution in [0.1, 0.15) is 29.8 Å². The quantitative estimate of drug-likeness (QED) is 0.892. The van der Waals surface area contributed by atoms with Crippen LogP contribution in [0.4, 0.5) is 0 Å². The van der Waals surface area contributed by atoms with Crippen LogP contribution in [0, 0.1) is 6.92 Å². The first-order chi connectivity index (χ1) is 7.29. The molecule has 0 aliphatic rings. The highest BCUT2D eigenvalue weighted by Gasteiger charge is 2.14. The zero-order valence-electron chi connectivity index (χ0n) is 10.2. The summed E-state index contributed by atoms with van der Waals surface area (Å²) in [7, 11) is 0. The van der Waals surface area contributed by atoms with E-state index in [0.717, 1.165) is 5.56 Å². The molecule has 0 radical (unpaired) electrons. The number of carbonyl (C=O) groups excluding carboxylic acids is 1. The molecule has 17 heavy (non-hydrogen) atoms. The number of nitrogens with two attached hydrogens (primary N) is 1. The van der Waals surface area contributed by atoms with Crippen LogP contribution >= 0.6 is 24.0 Å². The van der Waals surface area contributed by atoms with Crippen LogP contribution < -0.4 is 11.1 Å². The number of hydrogen-bond donors (Lipinski definition) is 2. The van der Waals surface area contributed by atoms with Crippen molar-refractivity contribution in [3.05, 3.63) is 34.3 Å². The van der Waals surface area contributed by atoms with Gasteiger partial charge < -0.3 is 11.1 Å². The molecule has 0 heterocycles. The maximum atomic E-state index is 11.8. The van der Waals surface area contributed by atoms with Crippen LogP contribution in [0.5, 0.6) is 0 Å². The van der Waals surface area contributed by atoms with E-state index in [4.69, 9.17) is 17.3 Å². The molecule has 3 nitrogen and oxygen atoms in total. The normalized spacial score (nSPS) is 10.6. The van der Waals surface area contributed by atoms with Gasteiger partial charge in [-0.25, -0.2) is 0 Å². The Morgan fingerprint density at radius 3 is 2.59 bits per heavy atom. The van der Waals surface area contributed by atoms with Crippen molar-refractivity contribution in [2.24, 2.45) is 5.73 Å². The van der Waals surface area contributed by atoms with Crippen LogP contribution in [0.25, 0.3) is 0 Å². The molecule has 5 heteroatoms. The number of halogens is 2. The van der Waals surface area contributed by atoms with Crippen LogP contribution in [-0.2, 0) is 0 Å². The van der Waals surface area contributed by atoms with Crippen molar-refractivity contribution in [2.45, 2.75) is 26.3 Å². The molecule has 0 aliphatic heterocycles. The van der Waals surface area contributed by atoms with Crippen molar-refractivity contribution in [1.82, 2.24) is 5.32 Å². The molecule has 0 atom stereocenters. The molecular formula is C12H18Cl2N2O. The van der Waals surface area contributed by atoms with Crippen molar-refractivity contribution in [2.75, 3.05) is 6.54 Å². The summed E-state index contributed by atoms with van der Waals surface area (Å²) in [5, 5.41) is 3.34. The highest BCUT2D eigenvalue weighted by Crippen LogP contribution is 2.15. The fourth-order valence-corrected chi connectivity index (χ4v) is 1.41. The molecule has 0 spiro atoms. The van der Waals surface area contributed by atoms with Gasteiger partial charge in [-0.05, 0) is 38.5 Å². The predicted molar refractivity (Wildman–Crippen MR) is 74.0 cm³/mol. The first-order valence-corrected chi connectivity index (χ1v) is 5.50. The summed E-state index contributed by atoms with van der Waals surface area (Å²) in [6, 6.07) is 5.25. The summed E-state index contributed by atoms with van der Waals surface area (Å²) >= 11 is 5.85. The Kier molecular flexibility index (Phi) is 5.96. The monoisotopic (exact) mass is 276 g/mol. The van der Waals surface area contributed by atoms with E-state index in [1.165, 1.54) is 0 Å². The standard InChI is InChI=1S/C12H17ClN2O.ClH/c1-8-4-5-9(13)6-10(8)11(16)15-7-12(2,3)14;/h4-6H,7,14H2,1-3H3,(H,15,16);1H. The Labute approximate surface area is 113 Å². The third kappa shape index (κ3) is 5.39. The van der Waals surface area contributed by atoms with Gasteiger partial charge in [-0.2, -0.15) is 0 Å². The fraction of sp³-hybridized carbons (Fsp3) is 0.417. The van der Waals surface area contributed by atoms with E-state index in [1.54, 1.807) is 12.1 Å². The van der Waals surface area contributed by atoms with Crippen LogP contribution in [0.3, 0.4) is 0 Å². The van der Waals surface area contributed by atoms with E-state index in [0.29, 0.717) is 17.1 Å². The van der Waals surface area contributed by atoms with Gasteiger partial charge in [0.25, 0.3) is 5.91 Å². The molecule has 0 unspecified atom stereocenters. The van der Waals surface area contributed by atoms with Gasteiger partial charge in [0.2, 0.25) is 0 Å². The molecule has 96 valence electrons. The summed E-state index contributed by atoms with van der Waals surface area (Å²) in [5.41, 5.74) is 6.87. The number of rotatable bonds is 3. The predicted octanol–water partition coefficient (Wildman–Crippen LogP) is 2.54. The smallest absolute Gasteiger partial charge is 0.251 e. The number of benzene rings is 1. The van der Waals surface area contributed by atoms with E-state index >= 15 is 0 Å². The molecule has 0 fully saturated rings. The van der Waals surface area contributed by atoms with Gasteiger partial charge in [-0.3, -0.25) is 4.79 Å². The van der Waals surface area contributed by atoms with Gasteiger partial charge in [0.05, 0.1) is 0 Å². The molecule has 0 aliphatic carbocycles. The lowest BCUT2D eigenvalue weighted by molar-refractivity contribution is 0.0945. The summed E-state index contributed by atoms with van der Waals surface area (Å²) < 4.78 is 0. The second-order valence-corrected chi connectivity index (χ2v) is 5.07. The van der Waals surface area contributed by atoms with E-state index in [9.17, 15) is 4.79 Å². The minimum atomic E-state index is -0.415. The lowest BCUT2D eigenvalue weighted by Crippen LogP contribution is -2.45. The van der Waals surface area contributed by atoms with Crippen LogP contribution in [0.15, 0.2) is 18.2 Å². The largest absolute Gasteiger partial charge is 0.350 e. The molecule has 3 N–H and O–H groups in total. The Hall–Kier alpha value is -0.770. The average molecular weight is 277 g/mol. The lowest BCUT2D eigenvalue weighted by atomic mass is 10.1. The van der Waals surface area contributed by atoms with Crippen molar-refractivity contribution >= 4 is 29.9 Å². The zero-order valence-corrected chi connectivity index (χ0v) is 11.8. The van der Waals surface area contributed by atoms with Gasteiger partial charge in [-0.15, -0.1) is 12.4 Å².